The molecule has 0 bridgehead atoms. The van der Waals surface area contributed by atoms with Crippen LogP contribution < -0.4 is 10.1 Å². The van der Waals surface area contributed by atoms with Crippen LogP contribution in [0.4, 0.5) is 0 Å². The molecule has 152 valence electrons. The van der Waals surface area contributed by atoms with Gasteiger partial charge in [0, 0.05) is 26.2 Å². The first kappa shape index (κ1) is 20.4. The molecule has 0 aliphatic carbocycles. The maximum atomic E-state index is 12.5. The Kier molecular flexibility index (Phi) is 6.49. The van der Waals surface area contributed by atoms with E-state index < -0.39 is 11.8 Å². The van der Waals surface area contributed by atoms with Crippen molar-refractivity contribution in [1.82, 2.24) is 15.1 Å². The van der Waals surface area contributed by atoms with Crippen LogP contribution in [0.2, 0.25) is 0 Å². The zero-order valence-corrected chi connectivity index (χ0v) is 16.7. The van der Waals surface area contributed by atoms with Gasteiger partial charge in [0.05, 0.1) is 7.11 Å². The minimum atomic E-state index is -0.638. The third-order valence-corrected chi connectivity index (χ3v) is 4.98. The zero-order valence-electron chi connectivity index (χ0n) is 16.7. The minimum absolute atomic E-state index is 0.132. The first-order valence-corrected chi connectivity index (χ1v) is 9.50. The molecule has 1 heterocycles. The summed E-state index contributed by atoms with van der Waals surface area (Å²) in [5.41, 5.74) is 2.98. The molecule has 1 aliphatic rings. The van der Waals surface area contributed by atoms with E-state index in [4.69, 9.17) is 4.74 Å². The molecule has 1 aliphatic heterocycles. The van der Waals surface area contributed by atoms with Crippen molar-refractivity contribution in [1.29, 1.82) is 0 Å². The average Bonchev–Trinajstić information content (AvgIpc) is 2.73. The molecule has 1 fully saturated rings. The lowest BCUT2D eigenvalue weighted by Crippen LogP contribution is -2.55. The highest BCUT2D eigenvalue weighted by Crippen LogP contribution is 2.14. The van der Waals surface area contributed by atoms with E-state index in [0.717, 1.165) is 16.7 Å². The second kappa shape index (κ2) is 9.23. The van der Waals surface area contributed by atoms with Gasteiger partial charge in [-0.2, -0.15) is 0 Å². The van der Waals surface area contributed by atoms with Crippen molar-refractivity contribution in [3.63, 3.8) is 0 Å². The van der Waals surface area contributed by atoms with Gasteiger partial charge < -0.3 is 19.9 Å². The summed E-state index contributed by atoms with van der Waals surface area (Å²) in [5.74, 6) is -0.801. The van der Waals surface area contributed by atoms with Crippen LogP contribution in [0.25, 0.3) is 0 Å². The van der Waals surface area contributed by atoms with Gasteiger partial charge in [0.2, 0.25) is 5.91 Å². The van der Waals surface area contributed by atoms with E-state index in [9.17, 15) is 14.4 Å². The molecule has 0 unspecified atom stereocenters. The number of carbonyl (C=O) groups excluding carboxylic acids is 3. The van der Waals surface area contributed by atoms with Crippen LogP contribution in [0.15, 0.2) is 48.5 Å². The summed E-state index contributed by atoms with van der Waals surface area (Å²) in [5, 5.41) is 2.78. The van der Waals surface area contributed by atoms with Gasteiger partial charge in [-0.05, 0) is 35.7 Å². The van der Waals surface area contributed by atoms with Gasteiger partial charge in [-0.15, -0.1) is 0 Å². The van der Waals surface area contributed by atoms with Crippen molar-refractivity contribution < 1.29 is 19.1 Å². The van der Waals surface area contributed by atoms with E-state index in [1.807, 2.05) is 55.5 Å². The Labute approximate surface area is 170 Å². The zero-order chi connectivity index (χ0) is 20.8. The Bertz CT molecular complexity index is 912. The summed E-state index contributed by atoms with van der Waals surface area (Å²) < 4.78 is 5.16. The molecule has 0 spiro atoms. The average molecular weight is 395 g/mol. The van der Waals surface area contributed by atoms with Crippen LogP contribution >= 0.6 is 0 Å². The third kappa shape index (κ3) is 5.13. The number of nitrogens with one attached hydrogen (secondary N) is 1. The standard InChI is InChI=1S/C22H25N3O4/c1-16-6-3-4-8-18(16)14-24-10-11-25(22(28)21(24)27)15-20(26)23-13-17-7-5-9-19(12-17)29-2/h3-9,12H,10-11,13-15H2,1-2H3,(H,23,26). The van der Waals surface area contributed by atoms with Crippen LogP contribution in [0.5, 0.6) is 5.75 Å². The highest BCUT2D eigenvalue weighted by atomic mass is 16.5. The Hall–Kier alpha value is -3.35. The molecule has 1 saturated heterocycles. The molecule has 2 aromatic carbocycles. The lowest BCUT2D eigenvalue weighted by molar-refractivity contribution is -0.157. The van der Waals surface area contributed by atoms with Crippen molar-refractivity contribution in [2.24, 2.45) is 0 Å². The number of nitrogens with zero attached hydrogens (tertiary/aromatic N) is 2. The quantitative estimate of drug-likeness (QED) is 0.721. The van der Waals surface area contributed by atoms with E-state index in [-0.39, 0.29) is 12.5 Å². The van der Waals surface area contributed by atoms with Gasteiger partial charge in [0.25, 0.3) is 0 Å². The topological polar surface area (TPSA) is 79.0 Å². The van der Waals surface area contributed by atoms with E-state index in [2.05, 4.69) is 5.32 Å². The highest BCUT2D eigenvalue weighted by molar-refractivity contribution is 6.35. The third-order valence-electron chi connectivity index (χ3n) is 4.98. The second-order valence-corrected chi connectivity index (χ2v) is 7.01. The van der Waals surface area contributed by atoms with Gasteiger partial charge in [-0.3, -0.25) is 14.4 Å². The largest absolute Gasteiger partial charge is 0.497 e. The van der Waals surface area contributed by atoms with Gasteiger partial charge in [0.15, 0.2) is 0 Å². The number of piperazine rings is 1. The van der Waals surface area contributed by atoms with E-state index >= 15 is 0 Å². The van der Waals surface area contributed by atoms with E-state index in [1.165, 1.54) is 9.80 Å². The van der Waals surface area contributed by atoms with Gasteiger partial charge in [0.1, 0.15) is 12.3 Å². The normalized spacial score (nSPS) is 14.1. The molecule has 3 rings (SSSR count). The van der Waals surface area contributed by atoms with Crippen LogP contribution in [0.3, 0.4) is 0 Å². The first-order valence-electron chi connectivity index (χ1n) is 9.50. The number of ether oxygens (including phenoxy) is 1. The second-order valence-electron chi connectivity index (χ2n) is 7.01. The molecule has 0 atom stereocenters. The maximum absolute atomic E-state index is 12.5. The Morgan fingerprint density at radius 2 is 1.76 bits per heavy atom. The van der Waals surface area contributed by atoms with E-state index in [0.29, 0.717) is 31.9 Å². The van der Waals surface area contributed by atoms with Crippen LogP contribution in [-0.2, 0) is 27.5 Å². The number of carbonyl (C=O) groups is 3. The summed E-state index contributed by atoms with van der Waals surface area (Å²) >= 11 is 0. The molecule has 0 radical (unpaired) electrons. The lowest BCUT2D eigenvalue weighted by Gasteiger charge is -2.33. The lowest BCUT2D eigenvalue weighted by atomic mass is 10.1. The predicted octanol–water partition coefficient (Wildman–Crippen LogP) is 1.49. The van der Waals surface area contributed by atoms with Crippen molar-refractivity contribution in [2.75, 3.05) is 26.7 Å². The summed E-state index contributed by atoms with van der Waals surface area (Å²) in [4.78, 5) is 40.0. The molecule has 29 heavy (non-hydrogen) atoms. The SMILES string of the molecule is COc1cccc(CNC(=O)CN2CCN(Cc3ccccc3C)C(=O)C2=O)c1. The molecule has 0 aromatic heterocycles. The summed E-state index contributed by atoms with van der Waals surface area (Å²) in [6, 6.07) is 15.2. The summed E-state index contributed by atoms with van der Waals surface area (Å²) in [6.07, 6.45) is 0. The van der Waals surface area contributed by atoms with Crippen LogP contribution in [0, 0.1) is 6.92 Å². The fourth-order valence-corrected chi connectivity index (χ4v) is 3.22. The monoisotopic (exact) mass is 395 g/mol. The molecular weight excluding hydrogens is 370 g/mol. The van der Waals surface area contributed by atoms with Gasteiger partial charge in [-0.25, -0.2) is 0 Å². The Balaban J connectivity index is 1.52. The number of hydrogen-bond donors (Lipinski definition) is 1. The molecule has 0 saturated carbocycles. The van der Waals surface area contributed by atoms with Crippen LogP contribution in [0.1, 0.15) is 16.7 Å². The smallest absolute Gasteiger partial charge is 0.312 e. The molecular formula is C22H25N3O4. The first-order chi connectivity index (χ1) is 14.0. The number of methoxy groups -OCH3 is 1. The Morgan fingerprint density at radius 1 is 1.03 bits per heavy atom. The number of hydrogen-bond acceptors (Lipinski definition) is 4. The molecule has 7 heteroatoms. The molecule has 3 amide bonds. The molecule has 1 N–H and O–H groups in total. The Morgan fingerprint density at radius 3 is 2.52 bits per heavy atom. The van der Waals surface area contributed by atoms with Gasteiger partial charge >= 0.3 is 11.8 Å². The van der Waals surface area contributed by atoms with Crippen molar-refractivity contribution >= 4 is 17.7 Å². The predicted molar refractivity (Wildman–Crippen MR) is 108 cm³/mol. The number of benzene rings is 2. The fraction of sp³-hybridized carbons (Fsp3) is 0.318. The minimum Gasteiger partial charge on any atom is -0.497 e. The van der Waals surface area contributed by atoms with Gasteiger partial charge in [-0.1, -0.05) is 36.4 Å². The highest BCUT2D eigenvalue weighted by Gasteiger charge is 2.33. The van der Waals surface area contributed by atoms with Crippen molar-refractivity contribution in [3.8, 4) is 5.75 Å². The summed E-state index contributed by atoms with van der Waals surface area (Å²) in [7, 11) is 1.58. The molecule has 2 aromatic rings. The number of aryl methyl sites for hydroxylation is 1. The van der Waals surface area contributed by atoms with Crippen LogP contribution in [-0.4, -0.2) is 54.3 Å². The molecule has 7 nitrogen and oxygen atoms in total. The van der Waals surface area contributed by atoms with E-state index in [1.54, 1.807) is 7.11 Å². The fourth-order valence-electron chi connectivity index (χ4n) is 3.22. The maximum Gasteiger partial charge on any atom is 0.312 e. The number of amides is 3. The van der Waals surface area contributed by atoms with Crippen molar-refractivity contribution in [3.05, 3.63) is 65.2 Å². The summed E-state index contributed by atoms with van der Waals surface area (Å²) in [6.45, 7) is 3.31. The van der Waals surface area contributed by atoms with Crippen molar-refractivity contribution in [2.45, 2.75) is 20.0 Å². The number of rotatable bonds is 7.